The van der Waals surface area contributed by atoms with Gasteiger partial charge in [-0.2, -0.15) is 0 Å². The second kappa shape index (κ2) is 9.69. The Morgan fingerprint density at radius 2 is 1.78 bits per heavy atom. The van der Waals surface area contributed by atoms with Crippen molar-refractivity contribution < 1.29 is 9.90 Å². The molecule has 2 heterocycles. The van der Waals surface area contributed by atoms with Crippen LogP contribution in [-0.4, -0.2) is 21.0 Å². The summed E-state index contributed by atoms with van der Waals surface area (Å²) < 4.78 is 0. The van der Waals surface area contributed by atoms with Gasteiger partial charge in [0.2, 0.25) is 0 Å². The summed E-state index contributed by atoms with van der Waals surface area (Å²) in [6, 6.07) is 22.8. The van der Waals surface area contributed by atoms with Gasteiger partial charge >= 0.3 is 0 Å². The molecule has 0 saturated heterocycles. The van der Waals surface area contributed by atoms with E-state index in [1.165, 1.54) is 0 Å². The number of nitrogens with zero attached hydrogens (tertiary/aromatic N) is 3. The van der Waals surface area contributed by atoms with Gasteiger partial charge in [0.05, 0.1) is 12.2 Å². The minimum Gasteiger partial charge on any atom is -0.375 e. The topological polar surface area (TPSA) is 66.3 Å². The normalized spacial score (nSPS) is 18.0. The Morgan fingerprint density at radius 3 is 2.53 bits per heavy atom. The number of carbonyl (C=O) groups excluding carboxylic acids is 1. The Morgan fingerprint density at radius 1 is 1.03 bits per heavy atom. The van der Waals surface area contributed by atoms with Crippen LogP contribution in [0.5, 0.6) is 0 Å². The summed E-state index contributed by atoms with van der Waals surface area (Å²) in [4.78, 5) is 24.2. The average molecular weight is 496 g/mol. The fraction of sp³-hybridized carbons (Fsp3) is 0.167. The number of aliphatic hydroxyl groups is 1. The molecule has 1 amide bonds. The number of carbonyl (C=O) groups is 1. The highest BCUT2D eigenvalue weighted by molar-refractivity contribution is 6.31. The minimum absolute atomic E-state index is 0.346. The quantitative estimate of drug-likeness (QED) is 0.346. The summed E-state index contributed by atoms with van der Waals surface area (Å²) in [5.74, 6) is -0.258. The number of amides is 1. The molecule has 0 unspecified atom stereocenters. The number of halogens is 1. The summed E-state index contributed by atoms with van der Waals surface area (Å²) in [7, 11) is 0. The third-order valence-corrected chi connectivity index (χ3v) is 6.89. The number of hydrogen-bond donors (Lipinski definition) is 1. The van der Waals surface area contributed by atoms with E-state index < -0.39 is 11.5 Å². The Labute approximate surface area is 215 Å². The lowest BCUT2D eigenvalue weighted by atomic mass is 9.82. The van der Waals surface area contributed by atoms with Crippen molar-refractivity contribution in [3.63, 3.8) is 0 Å². The van der Waals surface area contributed by atoms with Gasteiger partial charge < -0.3 is 10.0 Å². The molecule has 1 N–H and O–H groups in total. The molecule has 6 heteroatoms. The molecule has 5 rings (SSSR count). The van der Waals surface area contributed by atoms with E-state index >= 15 is 0 Å². The predicted octanol–water partition coefficient (Wildman–Crippen LogP) is 6.19. The third kappa shape index (κ3) is 4.32. The minimum atomic E-state index is -1.72. The Bertz CT molecular complexity index is 1440. The molecule has 1 aliphatic heterocycles. The highest BCUT2D eigenvalue weighted by Gasteiger charge is 2.52. The Hall–Kier alpha value is -3.80. The largest absolute Gasteiger partial charge is 0.375 e. The molecule has 4 aromatic rings. The lowest BCUT2D eigenvalue weighted by Crippen LogP contribution is -2.44. The molecule has 5 nitrogen and oxygen atoms in total. The van der Waals surface area contributed by atoms with Gasteiger partial charge in [-0.15, -0.1) is 0 Å². The zero-order valence-electron chi connectivity index (χ0n) is 20.1. The zero-order valence-corrected chi connectivity index (χ0v) is 20.9. The third-order valence-electron chi connectivity index (χ3n) is 6.65. The van der Waals surface area contributed by atoms with Crippen LogP contribution in [0.1, 0.15) is 29.2 Å². The van der Waals surface area contributed by atoms with Crippen LogP contribution >= 0.6 is 11.6 Å². The van der Waals surface area contributed by atoms with Crippen LogP contribution in [0, 0.1) is 12.8 Å². The molecule has 180 valence electrons. The first-order valence-corrected chi connectivity index (χ1v) is 12.2. The summed E-state index contributed by atoms with van der Waals surface area (Å²) >= 11 is 6.30. The van der Waals surface area contributed by atoms with Crippen molar-refractivity contribution in [3.05, 3.63) is 119 Å². The highest BCUT2D eigenvalue weighted by atomic mass is 35.5. The van der Waals surface area contributed by atoms with E-state index in [4.69, 9.17) is 11.6 Å². The van der Waals surface area contributed by atoms with Crippen molar-refractivity contribution in [1.82, 2.24) is 9.97 Å². The molecule has 3 aromatic carbocycles. The van der Waals surface area contributed by atoms with Crippen LogP contribution in [0.2, 0.25) is 5.02 Å². The molecule has 0 radical (unpaired) electrons. The summed E-state index contributed by atoms with van der Waals surface area (Å²) in [5, 5.41) is 12.4. The second-order valence-electron chi connectivity index (χ2n) is 9.12. The number of aryl methyl sites for hydroxylation is 1. The van der Waals surface area contributed by atoms with E-state index in [9.17, 15) is 9.90 Å². The fourth-order valence-electron chi connectivity index (χ4n) is 4.68. The molecule has 0 saturated carbocycles. The molecular formula is C30H26ClN3O2. The van der Waals surface area contributed by atoms with Crippen LogP contribution in [0.15, 0.2) is 91.3 Å². The second-order valence-corrected chi connectivity index (χ2v) is 9.55. The van der Waals surface area contributed by atoms with Crippen molar-refractivity contribution in [2.75, 3.05) is 4.90 Å². The predicted molar refractivity (Wildman–Crippen MR) is 143 cm³/mol. The van der Waals surface area contributed by atoms with Crippen molar-refractivity contribution in [2.45, 2.75) is 26.0 Å². The van der Waals surface area contributed by atoms with Crippen molar-refractivity contribution in [2.24, 2.45) is 5.92 Å². The van der Waals surface area contributed by atoms with E-state index in [-0.39, 0.29) is 5.91 Å². The molecule has 0 fully saturated rings. The standard InChI is InChI=1S/C30H26ClN3O2/c1-20-9-11-23(25(17-20)28-32-15-6-16-33-28)12-10-21(2)30(36)26-14-13-24(31)18-27(26)34(29(30)35)19-22-7-4-3-5-8-22/h3-18,21,36H,19H2,1-2H3/b12-10+/t21-,30+/m1/s1. The van der Waals surface area contributed by atoms with E-state index in [2.05, 4.69) is 9.97 Å². The Balaban J connectivity index is 1.51. The maximum atomic E-state index is 13.8. The van der Waals surface area contributed by atoms with Crippen LogP contribution in [0.4, 0.5) is 5.69 Å². The van der Waals surface area contributed by atoms with Gasteiger partial charge in [-0.05, 0) is 42.3 Å². The van der Waals surface area contributed by atoms with Gasteiger partial charge in [0, 0.05) is 34.5 Å². The van der Waals surface area contributed by atoms with E-state index in [1.807, 2.05) is 74.5 Å². The molecule has 36 heavy (non-hydrogen) atoms. The number of benzene rings is 3. The van der Waals surface area contributed by atoms with Gasteiger partial charge in [0.25, 0.3) is 5.91 Å². The average Bonchev–Trinajstić information content (AvgIpc) is 3.10. The van der Waals surface area contributed by atoms with Crippen LogP contribution in [0.25, 0.3) is 17.5 Å². The Kier molecular flexibility index (Phi) is 6.44. The molecule has 1 aromatic heterocycles. The smallest absolute Gasteiger partial charge is 0.264 e. The summed E-state index contributed by atoms with van der Waals surface area (Å²) in [6.07, 6.45) is 7.23. The summed E-state index contributed by atoms with van der Waals surface area (Å²) in [5.41, 5.74) is 3.32. The number of anilines is 1. The fourth-order valence-corrected chi connectivity index (χ4v) is 4.84. The SMILES string of the molecule is Cc1ccc(/C=C/[C@@H](C)[C@@]2(O)C(=O)N(Cc3ccccc3)c3cc(Cl)ccc32)c(-c2ncccn2)c1. The van der Waals surface area contributed by atoms with Gasteiger partial charge in [-0.3, -0.25) is 4.79 Å². The lowest BCUT2D eigenvalue weighted by molar-refractivity contribution is -0.139. The molecule has 0 spiro atoms. The molecule has 2 atom stereocenters. The van der Waals surface area contributed by atoms with Crippen molar-refractivity contribution in [1.29, 1.82) is 0 Å². The number of aromatic nitrogens is 2. The maximum absolute atomic E-state index is 13.8. The first kappa shape index (κ1) is 23.9. The molecule has 0 aliphatic carbocycles. The molecule has 1 aliphatic rings. The number of hydrogen-bond acceptors (Lipinski definition) is 4. The lowest BCUT2D eigenvalue weighted by Gasteiger charge is -2.27. The molecule has 0 bridgehead atoms. The first-order valence-electron chi connectivity index (χ1n) is 11.8. The van der Waals surface area contributed by atoms with Crippen LogP contribution in [0.3, 0.4) is 0 Å². The highest BCUT2D eigenvalue weighted by Crippen LogP contribution is 2.46. The molecular weight excluding hydrogens is 470 g/mol. The zero-order chi connectivity index (χ0) is 25.3. The van der Waals surface area contributed by atoms with Gasteiger partial charge in [0.1, 0.15) is 0 Å². The van der Waals surface area contributed by atoms with E-state index in [1.54, 1.807) is 41.6 Å². The van der Waals surface area contributed by atoms with Crippen LogP contribution < -0.4 is 4.90 Å². The van der Waals surface area contributed by atoms with Gasteiger partial charge in [-0.1, -0.05) is 84.8 Å². The van der Waals surface area contributed by atoms with E-state index in [0.717, 1.165) is 22.3 Å². The maximum Gasteiger partial charge on any atom is 0.264 e. The number of rotatable bonds is 6. The number of fused-ring (bicyclic) bond motifs is 1. The van der Waals surface area contributed by atoms with Crippen molar-refractivity contribution in [3.8, 4) is 11.4 Å². The summed E-state index contributed by atoms with van der Waals surface area (Å²) in [6.45, 7) is 4.22. The first-order chi connectivity index (χ1) is 17.4. The van der Waals surface area contributed by atoms with Gasteiger partial charge in [-0.25, -0.2) is 9.97 Å². The van der Waals surface area contributed by atoms with E-state index in [0.29, 0.717) is 28.6 Å². The van der Waals surface area contributed by atoms with Crippen molar-refractivity contribution >= 4 is 29.3 Å². The van der Waals surface area contributed by atoms with Crippen LogP contribution in [-0.2, 0) is 16.9 Å². The van der Waals surface area contributed by atoms with Gasteiger partial charge in [0.15, 0.2) is 11.4 Å². The monoisotopic (exact) mass is 495 g/mol.